The Kier molecular flexibility index (Phi) is 4.45. The maximum Gasteiger partial charge on any atom is 0.264 e. The average molecular weight is 321 g/mol. The van der Waals surface area contributed by atoms with Crippen molar-refractivity contribution in [1.29, 1.82) is 0 Å². The van der Waals surface area contributed by atoms with E-state index in [2.05, 4.69) is 0 Å². The average Bonchev–Trinajstić information content (AvgIpc) is 2.47. The first-order valence-electron chi connectivity index (χ1n) is 5.90. The summed E-state index contributed by atoms with van der Waals surface area (Å²) in [6.07, 6.45) is 1.38. The van der Waals surface area contributed by atoms with Gasteiger partial charge in [0.15, 0.2) is 0 Å². The summed E-state index contributed by atoms with van der Waals surface area (Å²) >= 11 is 5.70. The summed E-state index contributed by atoms with van der Waals surface area (Å²) in [7, 11) is -3.93. The van der Waals surface area contributed by atoms with Gasteiger partial charge in [-0.15, -0.1) is 0 Å². The van der Waals surface area contributed by atoms with Gasteiger partial charge < -0.3 is 0 Å². The maximum atomic E-state index is 12.0. The third-order valence-corrected chi connectivity index (χ3v) is 4.32. The summed E-state index contributed by atoms with van der Waals surface area (Å²) in [6, 6.07) is 11.7. The summed E-state index contributed by atoms with van der Waals surface area (Å²) in [6.45, 7) is 5.33. The van der Waals surface area contributed by atoms with Gasteiger partial charge in [-0.25, -0.2) is 13.1 Å². The predicted octanol–water partition coefficient (Wildman–Crippen LogP) is 2.90. The van der Waals surface area contributed by atoms with Crippen LogP contribution in [-0.4, -0.2) is 14.3 Å². The standard InChI is InChI=1S/C15H11ClNO3S/c1-2-11-3-5-12(6-4-11)15(18)17-21(19,20)14-9-7-13(16)8-10-14/h1-10H,(H,17,18). The Morgan fingerprint density at radius 1 is 1.05 bits per heavy atom. The molecule has 0 aliphatic heterocycles. The van der Waals surface area contributed by atoms with Gasteiger partial charge in [-0.2, -0.15) is 0 Å². The van der Waals surface area contributed by atoms with Crippen LogP contribution in [-0.2, 0) is 10.0 Å². The maximum absolute atomic E-state index is 12.0. The van der Waals surface area contributed by atoms with Crippen molar-refractivity contribution in [3.05, 3.63) is 71.3 Å². The Balaban J connectivity index is 2.21. The van der Waals surface area contributed by atoms with Crippen molar-refractivity contribution in [2.45, 2.75) is 4.90 Å². The summed E-state index contributed by atoms with van der Waals surface area (Å²) in [5.74, 6) is -0.714. The van der Waals surface area contributed by atoms with E-state index in [0.29, 0.717) is 5.02 Å². The number of halogens is 1. The topological polar surface area (TPSA) is 63.2 Å². The van der Waals surface area contributed by atoms with Crippen LogP contribution < -0.4 is 4.72 Å². The molecule has 0 atom stereocenters. The van der Waals surface area contributed by atoms with Crippen LogP contribution in [0.4, 0.5) is 0 Å². The van der Waals surface area contributed by atoms with Gasteiger partial charge in [0.1, 0.15) is 0 Å². The predicted molar refractivity (Wildman–Crippen MR) is 81.3 cm³/mol. The minimum absolute atomic E-state index is 0.0350. The van der Waals surface area contributed by atoms with E-state index in [-0.39, 0.29) is 10.5 Å². The van der Waals surface area contributed by atoms with Crippen molar-refractivity contribution in [3.8, 4) is 0 Å². The van der Waals surface area contributed by atoms with Crippen molar-refractivity contribution < 1.29 is 13.2 Å². The van der Waals surface area contributed by atoms with Gasteiger partial charge in [0.25, 0.3) is 15.9 Å². The number of hydrogen-bond acceptors (Lipinski definition) is 3. The Hall–Kier alpha value is -2.11. The Morgan fingerprint density at radius 2 is 1.62 bits per heavy atom. The number of carbonyl (C=O) groups excluding carboxylic acids is 1. The second-order valence-electron chi connectivity index (χ2n) is 4.18. The first-order chi connectivity index (χ1) is 9.92. The second kappa shape index (κ2) is 6.11. The molecule has 1 amide bonds. The quantitative estimate of drug-likeness (QED) is 0.942. The zero-order valence-electron chi connectivity index (χ0n) is 10.8. The molecule has 0 saturated heterocycles. The number of rotatable bonds is 4. The van der Waals surface area contributed by atoms with Crippen LogP contribution in [0.3, 0.4) is 0 Å². The molecule has 6 heteroatoms. The molecule has 0 aromatic heterocycles. The van der Waals surface area contributed by atoms with Crippen LogP contribution in [0.25, 0.3) is 6.08 Å². The second-order valence-corrected chi connectivity index (χ2v) is 6.30. The SMILES string of the molecule is [CH]=Cc1ccc(C(=O)NS(=O)(=O)c2ccc(Cl)cc2)cc1. The lowest BCUT2D eigenvalue weighted by Crippen LogP contribution is -2.30. The van der Waals surface area contributed by atoms with Crippen LogP contribution in [0, 0.1) is 6.58 Å². The lowest BCUT2D eigenvalue weighted by molar-refractivity contribution is 0.0981. The Morgan fingerprint density at radius 3 is 2.14 bits per heavy atom. The number of sulfonamides is 1. The zero-order chi connectivity index (χ0) is 15.5. The van der Waals surface area contributed by atoms with E-state index in [1.165, 1.54) is 42.5 Å². The normalized spacial score (nSPS) is 10.9. The molecular weight excluding hydrogens is 310 g/mol. The molecule has 2 rings (SSSR count). The van der Waals surface area contributed by atoms with Gasteiger partial charge in [-0.1, -0.05) is 36.4 Å². The van der Waals surface area contributed by atoms with Gasteiger partial charge in [-0.05, 0) is 42.0 Å². The highest BCUT2D eigenvalue weighted by Gasteiger charge is 2.18. The molecule has 0 bridgehead atoms. The summed E-state index contributed by atoms with van der Waals surface area (Å²) in [5.41, 5.74) is 0.949. The van der Waals surface area contributed by atoms with E-state index in [0.717, 1.165) is 5.56 Å². The van der Waals surface area contributed by atoms with E-state index in [9.17, 15) is 13.2 Å². The van der Waals surface area contributed by atoms with E-state index in [4.69, 9.17) is 18.2 Å². The van der Waals surface area contributed by atoms with Crippen molar-refractivity contribution in [2.75, 3.05) is 0 Å². The molecular formula is C15H11ClNO3S. The van der Waals surface area contributed by atoms with Gasteiger partial charge >= 0.3 is 0 Å². The van der Waals surface area contributed by atoms with E-state index in [1.807, 2.05) is 4.72 Å². The fourth-order valence-corrected chi connectivity index (χ4v) is 2.70. The highest BCUT2D eigenvalue weighted by molar-refractivity contribution is 7.90. The Labute approximate surface area is 128 Å². The first kappa shape index (κ1) is 15.3. The Bertz CT molecular complexity index is 766. The molecule has 2 aromatic rings. The summed E-state index contributed by atoms with van der Waals surface area (Å²) in [5, 5.41) is 0.411. The fraction of sp³-hybridized carbons (Fsp3) is 0. The van der Waals surface area contributed by atoms with Gasteiger partial charge in [-0.3, -0.25) is 4.79 Å². The van der Waals surface area contributed by atoms with Crippen LogP contribution in [0.1, 0.15) is 15.9 Å². The smallest absolute Gasteiger partial charge is 0.264 e. The molecule has 0 saturated carbocycles. The van der Waals surface area contributed by atoms with Crippen molar-refractivity contribution in [3.63, 3.8) is 0 Å². The van der Waals surface area contributed by atoms with Crippen LogP contribution >= 0.6 is 11.6 Å². The fourth-order valence-electron chi connectivity index (χ4n) is 1.60. The molecule has 1 radical (unpaired) electrons. The molecule has 0 fully saturated rings. The number of hydrogen-bond donors (Lipinski definition) is 1. The number of nitrogens with one attached hydrogen (secondary N) is 1. The molecule has 0 unspecified atom stereocenters. The largest absolute Gasteiger partial charge is 0.268 e. The van der Waals surface area contributed by atoms with Gasteiger partial charge in [0.2, 0.25) is 0 Å². The number of benzene rings is 2. The highest BCUT2D eigenvalue weighted by Crippen LogP contribution is 2.14. The van der Waals surface area contributed by atoms with Gasteiger partial charge in [0, 0.05) is 10.6 Å². The summed E-state index contributed by atoms with van der Waals surface area (Å²) < 4.78 is 26.1. The lowest BCUT2D eigenvalue weighted by atomic mass is 10.1. The van der Waals surface area contributed by atoms with Crippen LogP contribution in [0.2, 0.25) is 5.02 Å². The molecule has 107 valence electrons. The van der Waals surface area contributed by atoms with Crippen molar-refractivity contribution >= 4 is 33.6 Å². The molecule has 2 aromatic carbocycles. The van der Waals surface area contributed by atoms with Crippen LogP contribution in [0.15, 0.2) is 53.4 Å². The molecule has 21 heavy (non-hydrogen) atoms. The van der Waals surface area contributed by atoms with E-state index in [1.54, 1.807) is 12.1 Å². The number of carbonyl (C=O) groups is 1. The first-order valence-corrected chi connectivity index (χ1v) is 7.76. The van der Waals surface area contributed by atoms with E-state index >= 15 is 0 Å². The molecule has 4 nitrogen and oxygen atoms in total. The minimum atomic E-state index is -3.93. The van der Waals surface area contributed by atoms with E-state index < -0.39 is 15.9 Å². The summed E-state index contributed by atoms with van der Waals surface area (Å²) in [4.78, 5) is 11.9. The van der Waals surface area contributed by atoms with Crippen molar-refractivity contribution in [1.82, 2.24) is 4.72 Å². The number of amides is 1. The molecule has 0 aliphatic carbocycles. The molecule has 1 N–H and O–H groups in total. The monoisotopic (exact) mass is 320 g/mol. The molecule has 0 heterocycles. The van der Waals surface area contributed by atoms with Crippen molar-refractivity contribution in [2.24, 2.45) is 0 Å². The zero-order valence-corrected chi connectivity index (χ0v) is 12.4. The lowest BCUT2D eigenvalue weighted by Gasteiger charge is -2.07. The third kappa shape index (κ3) is 3.71. The van der Waals surface area contributed by atoms with Gasteiger partial charge in [0.05, 0.1) is 4.90 Å². The molecule has 0 aliphatic rings. The molecule has 0 spiro atoms. The third-order valence-electron chi connectivity index (χ3n) is 2.72. The van der Waals surface area contributed by atoms with Crippen LogP contribution in [0.5, 0.6) is 0 Å². The minimum Gasteiger partial charge on any atom is -0.268 e. The highest BCUT2D eigenvalue weighted by atomic mass is 35.5.